The molecule has 0 aliphatic rings. The first-order valence-electron chi connectivity index (χ1n) is 6.40. The van der Waals surface area contributed by atoms with Crippen molar-refractivity contribution >= 4 is 26.8 Å². The number of aromatic nitrogens is 1. The summed E-state index contributed by atoms with van der Waals surface area (Å²) in [5.41, 5.74) is 8.61. The van der Waals surface area contributed by atoms with E-state index in [1.54, 1.807) is 6.07 Å². The summed E-state index contributed by atoms with van der Waals surface area (Å²) in [5.74, 6) is -0.202. The maximum absolute atomic E-state index is 14.0. The molecule has 3 aromatic rings. The Morgan fingerprint density at radius 2 is 1.95 bits per heavy atom. The Bertz CT molecular complexity index is 764. The Hall–Kier alpha value is -1.65. The molecule has 0 unspecified atom stereocenters. The van der Waals surface area contributed by atoms with Crippen molar-refractivity contribution in [3.05, 3.63) is 70.1 Å². The molecule has 4 heteroatoms. The minimum Gasteiger partial charge on any atom is -0.343 e. The number of halogens is 2. The normalized spacial score (nSPS) is 11.2. The summed E-state index contributed by atoms with van der Waals surface area (Å²) in [6, 6.07) is 13.2. The lowest BCUT2D eigenvalue weighted by Crippen LogP contribution is -2.04. The van der Waals surface area contributed by atoms with E-state index in [1.807, 2.05) is 41.1 Å². The molecule has 0 bridgehead atoms. The third kappa shape index (κ3) is 2.37. The lowest BCUT2D eigenvalue weighted by molar-refractivity contribution is 0.601. The molecule has 2 nitrogen and oxygen atoms in total. The third-order valence-electron chi connectivity index (χ3n) is 3.45. The first kappa shape index (κ1) is 13.3. The molecule has 3 rings (SSSR count). The summed E-state index contributed by atoms with van der Waals surface area (Å²) in [6.07, 6.45) is 1.98. The van der Waals surface area contributed by atoms with Crippen LogP contribution in [0.3, 0.4) is 0 Å². The summed E-state index contributed by atoms with van der Waals surface area (Å²) in [5, 5.41) is 1.13. The Morgan fingerprint density at radius 3 is 2.70 bits per heavy atom. The Kier molecular flexibility index (Phi) is 3.59. The highest BCUT2D eigenvalue weighted by Crippen LogP contribution is 2.23. The van der Waals surface area contributed by atoms with Gasteiger partial charge in [-0.25, -0.2) is 4.39 Å². The summed E-state index contributed by atoms with van der Waals surface area (Å²) in [7, 11) is 0. The fourth-order valence-corrected chi connectivity index (χ4v) is 2.80. The van der Waals surface area contributed by atoms with Crippen molar-refractivity contribution in [3.63, 3.8) is 0 Å². The molecule has 2 N–H and O–H groups in total. The van der Waals surface area contributed by atoms with Crippen LogP contribution in [0.4, 0.5) is 4.39 Å². The van der Waals surface area contributed by atoms with E-state index in [9.17, 15) is 4.39 Å². The number of hydrogen-bond donors (Lipinski definition) is 1. The molecule has 0 aliphatic carbocycles. The van der Waals surface area contributed by atoms with Gasteiger partial charge < -0.3 is 10.3 Å². The van der Waals surface area contributed by atoms with Crippen LogP contribution in [0, 0.1) is 5.82 Å². The molecule has 0 atom stereocenters. The van der Waals surface area contributed by atoms with Gasteiger partial charge in [-0.3, -0.25) is 0 Å². The number of hydrogen-bond acceptors (Lipinski definition) is 1. The van der Waals surface area contributed by atoms with Crippen molar-refractivity contribution in [2.75, 3.05) is 0 Å². The van der Waals surface area contributed by atoms with Crippen LogP contribution in [0.2, 0.25) is 0 Å². The first-order chi connectivity index (χ1) is 9.69. The Balaban J connectivity index is 2.06. The third-order valence-corrected chi connectivity index (χ3v) is 3.94. The van der Waals surface area contributed by atoms with Crippen LogP contribution in [-0.4, -0.2) is 4.57 Å². The van der Waals surface area contributed by atoms with Gasteiger partial charge in [-0.05, 0) is 29.1 Å². The van der Waals surface area contributed by atoms with Gasteiger partial charge in [0.25, 0.3) is 0 Å². The quantitative estimate of drug-likeness (QED) is 0.770. The first-order valence-corrected chi connectivity index (χ1v) is 7.19. The second kappa shape index (κ2) is 5.38. The molecule has 0 radical (unpaired) electrons. The topological polar surface area (TPSA) is 30.9 Å². The van der Waals surface area contributed by atoms with Crippen molar-refractivity contribution in [1.29, 1.82) is 0 Å². The molecule has 1 heterocycles. The number of nitrogens with two attached hydrogens (primary N) is 1. The average molecular weight is 333 g/mol. The maximum atomic E-state index is 14.0. The van der Waals surface area contributed by atoms with Crippen LogP contribution in [0.25, 0.3) is 10.9 Å². The van der Waals surface area contributed by atoms with E-state index in [0.29, 0.717) is 18.7 Å². The van der Waals surface area contributed by atoms with E-state index in [4.69, 9.17) is 5.73 Å². The van der Waals surface area contributed by atoms with Crippen LogP contribution in [0.1, 0.15) is 11.1 Å². The van der Waals surface area contributed by atoms with Gasteiger partial charge in [-0.1, -0.05) is 40.2 Å². The smallest absolute Gasteiger partial charge is 0.129 e. The molecular weight excluding hydrogens is 319 g/mol. The summed E-state index contributed by atoms with van der Waals surface area (Å²) < 4.78 is 16.8. The van der Waals surface area contributed by atoms with E-state index in [1.165, 1.54) is 6.07 Å². The largest absolute Gasteiger partial charge is 0.343 e. The van der Waals surface area contributed by atoms with Crippen molar-refractivity contribution in [1.82, 2.24) is 4.57 Å². The van der Waals surface area contributed by atoms with Crippen molar-refractivity contribution in [2.45, 2.75) is 13.1 Å². The zero-order valence-corrected chi connectivity index (χ0v) is 12.4. The molecule has 0 fully saturated rings. The zero-order valence-electron chi connectivity index (χ0n) is 10.8. The van der Waals surface area contributed by atoms with Gasteiger partial charge >= 0.3 is 0 Å². The minimum atomic E-state index is -0.202. The van der Waals surface area contributed by atoms with E-state index in [0.717, 1.165) is 20.9 Å². The van der Waals surface area contributed by atoms with Crippen LogP contribution >= 0.6 is 15.9 Å². The van der Waals surface area contributed by atoms with Crippen molar-refractivity contribution in [3.8, 4) is 0 Å². The van der Waals surface area contributed by atoms with Crippen molar-refractivity contribution in [2.24, 2.45) is 5.73 Å². The highest BCUT2D eigenvalue weighted by Gasteiger charge is 2.08. The molecule has 0 saturated heterocycles. The standard InChI is InChI=1S/C16H14BrFN2/c17-14-5-4-13(15(18)8-14)10-20-7-6-11-2-1-3-12(9-19)16(11)20/h1-8H,9-10,19H2. The van der Waals surface area contributed by atoms with Gasteiger partial charge in [0.1, 0.15) is 5.82 Å². The molecule has 0 aliphatic heterocycles. The second-order valence-corrected chi connectivity index (χ2v) is 5.65. The molecule has 20 heavy (non-hydrogen) atoms. The highest BCUT2D eigenvalue weighted by molar-refractivity contribution is 9.10. The number of rotatable bonds is 3. The van der Waals surface area contributed by atoms with Gasteiger partial charge in [-0.2, -0.15) is 0 Å². The Morgan fingerprint density at radius 1 is 1.10 bits per heavy atom. The summed E-state index contributed by atoms with van der Waals surface area (Å²) in [6.45, 7) is 0.976. The maximum Gasteiger partial charge on any atom is 0.129 e. The molecule has 0 amide bonds. The van der Waals surface area contributed by atoms with Crippen LogP contribution < -0.4 is 5.73 Å². The van der Waals surface area contributed by atoms with Crippen LogP contribution in [-0.2, 0) is 13.1 Å². The number of para-hydroxylation sites is 1. The number of nitrogens with zero attached hydrogens (tertiary/aromatic N) is 1. The minimum absolute atomic E-state index is 0.202. The van der Waals surface area contributed by atoms with Crippen LogP contribution in [0.15, 0.2) is 53.1 Å². The van der Waals surface area contributed by atoms with E-state index in [2.05, 4.69) is 15.9 Å². The molecule has 0 spiro atoms. The predicted molar refractivity (Wildman–Crippen MR) is 83.0 cm³/mol. The SMILES string of the molecule is NCc1cccc2ccn(Cc3ccc(Br)cc3F)c12. The van der Waals surface area contributed by atoms with E-state index < -0.39 is 0 Å². The Labute approximate surface area is 125 Å². The van der Waals surface area contributed by atoms with E-state index >= 15 is 0 Å². The van der Waals surface area contributed by atoms with Crippen molar-refractivity contribution < 1.29 is 4.39 Å². The summed E-state index contributed by atoms with van der Waals surface area (Å²) >= 11 is 3.27. The lowest BCUT2D eigenvalue weighted by atomic mass is 10.1. The fourth-order valence-electron chi connectivity index (χ4n) is 2.47. The molecule has 102 valence electrons. The molecule has 1 aromatic heterocycles. The van der Waals surface area contributed by atoms with Gasteiger partial charge in [0, 0.05) is 22.8 Å². The van der Waals surface area contributed by atoms with E-state index in [-0.39, 0.29) is 5.82 Å². The molecule has 0 saturated carbocycles. The van der Waals surface area contributed by atoms with Gasteiger partial charge in [-0.15, -0.1) is 0 Å². The number of fused-ring (bicyclic) bond motifs is 1. The average Bonchev–Trinajstić information content (AvgIpc) is 2.85. The lowest BCUT2D eigenvalue weighted by Gasteiger charge is -2.10. The van der Waals surface area contributed by atoms with Gasteiger partial charge in [0.15, 0.2) is 0 Å². The molecule has 2 aromatic carbocycles. The zero-order chi connectivity index (χ0) is 14.1. The number of benzene rings is 2. The highest BCUT2D eigenvalue weighted by atomic mass is 79.9. The van der Waals surface area contributed by atoms with Gasteiger partial charge in [0.05, 0.1) is 12.1 Å². The predicted octanol–water partition coefficient (Wildman–Crippen LogP) is 4.05. The monoisotopic (exact) mass is 332 g/mol. The van der Waals surface area contributed by atoms with Crippen LogP contribution in [0.5, 0.6) is 0 Å². The molecular formula is C16H14BrFN2. The summed E-state index contributed by atoms with van der Waals surface area (Å²) in [4.78, 5) is 0. The fraction of sp³-hybridized carbons (Fsp3) is 0.125. The van der Waals surface area contributed by atoms with Gasteiger partial charge in [0.2, 0.25) is 0 Å². The second-order valence-electron chi connectivity index (χ2n) is 4.74.